The Morgan fingerprint density at radius 1 is 0.875 bits per heavy atom. The summed E-state index contributed by atoms with van der Waals surface area (Å²) in [6, 6.07) is 16.1. The number of urea groups is 1. The summed E-state index contributed by atoms with van der Waals surface area (Å²) < 4.78 is 4.83. The third-order valence-electron chi connectivity index (χ3n) is 8.83. The molecule has 48 heavy (non-hydrogen) atoms. The van der Waals surface area contributed by atoms with Gasteiger partial charge in [-0.05, 0) is 78.9 Å². The minimum Gasteiger partial charge on any atom is -0.465 e. The third-order valence-corrected chi connectivity index (χ3v) is 8.83. The molecule has 4 aliphatic heterocycles. The van der Waals surface area contributed by atoms with Crippen LogP contribution in [0.5, 0.6) is 0 Å². The van der Waals surface area contributed by atoms with Crippen molar-refractivity contribution < 1.29 is 28.7 Å². The Balaban J connectivity index is 0.000000170. The quantitative estimate of drug-likeness (QED) is 0.253. The minimum absolute atomic E-state index is 0.0135. The zero-order valence-electron chi connectivity index (χ0n) is 26.8. The summed E-state index contributed by atoms with van der Waals surface area (Å²) in [5.74, 6) is 0.280. The molecule has 13 heteroatoms. The second-order valence-corrected chi connectivity index (χ2v) is 12.0. The molecule has 1 saturated heterocycles. The standard InChI is InChI=1S/C19H18N4O3.C16H19N3O3/c1-11-20-15-7-6-12(10-16(15)21-11)22-19(25)23-9-8-13-14(18(24)26-2)4-3-5-17(13)23;1-10(20)19-6-4-11(5-7-19)16(22)17-13-2-3-14-12(8-13)9-15(21)18-14/h3-7,10,20-21H,1,8-9H2,2H3,(H,22,25);2-3,8,11H,4-7,9H2,1H3,(H,17,22)(H,18,21). The number of fused-ring (bicyclic) bond motifs is 3. The zero-order chi connectivity index (χ0) is 33.9. The molecule has 3 aromatic rings. The lowest BCUT2D eigenvalue weighted by Gasteiger charge is -2.30. The Morgan fingerprint density at radius 3 is 2.31 bits per heavy atom. The maximum Gasteiger partial charge on any atom is 0.338 e. The van der Waals surface area contributed by atoms with E-state index >= 15 is 0 Å². The van der Waals surface area contributed by atoms with Gasteiger partial charge in [-0.1, -0.05) is 12.6 Å². The van der Waals surface area contributed by atoms with Gasteiger partial charge in [0.2, 0.25) is 17.7 Å². The SMILES string of the molecule is C=C1Nc2ccc(NC(=O)N3CCc4c(C(=O)OC)cccc43)cc2N1.CC(=O)N1CCC(C(=O)Nc2ccc3c(c2)CC(=O)N3)CC1. The van der Waals surface area contributed by atoms with Crippen LogP contribution in [0.3, 0.4) is 0 Å². The lowest BCUT2D eigenvalue weighted by molar-refractivity contribution is -0.132. The summed E-state index contributed by atoms with van der Waals surface area (Å²) in [6.45, 7) is 7.16. The number of benzene rings is 3. The van der Waals surface area contributed by atoms with Gasteiger partial charge in [0.05, 0.1) is 30.5 Å². The Morgan fingerprint density at radius 2 is 1.58 bits per heavy atom. The topological polar surface area (TPSA) is 161 Å². The second kappa shape index (κ2) is 13.5. The highest BCUT2D eigenvalue weighted by molar-refractivity contribution is 6.05. The first-order chi connectivity index (χ1) is 23.1. The summed E-state index contributed by atoms with van der Waals surface area (Å²) in [7, 11) is 1.35. The van der Waals surface area contributed by atoms with E-state index < -0.39 is 0 Å². The van der Waals surface area contributed by atoms with Gasteiger partial charge in [0.15, 0.2) is 0 Å². The number of rotatable bonds is 4. The van der Waals surface area contributed by atoms with Gasteiger partial charge in [-0.3, -0.25) is 19.3 Å². The number of esters is 1. The molecule has 5 amide bonds. The number of methoxy groups -OCH3 is 1. The fourth-order valence-electron chi connectivity index (χ4n) is 6.34. The van der Waals surface area contributed by atoms with E-state index in [1.165, 1.54) is 7.11 Å². The Labute approximate surface area is 277 Å². The van der Waals surface area contributed by atoms with Gasteiger partial charge in [0.25, 0.3) is 0 Å². The van der Waals surface area contributed by atoms with E-state index in [1.807, 2.05) is 36.4 Å². The van der Waals surface area contributed by atoms with Gasteiger partial charge in [0, 0.05) is 55.2 Å². The lowest BCUT2D eigenvalue weighted by Crippen LogP contribution is -2.40. The number of likely N-dealkylation sites (tertiary alicyclic amines) is 1. The number of amides is 5. The van der Waals surface area contributed by atoms with Crippen LogP contribution in [0.15, 0.2) is 67.0 Å². The predicted octanol–water partition coefficient (Wildman–Crippen LogP) is 4.75. The van der Waals surface area contributed by atoms with Gasteiger partial charge in [-0.25, -0.2) is 9.59 Å². The smallest absolute Gasteiger partial charge is 0.338 e. The van der Waals surface area contributed by atoms with E-state index in [2.05, 4.69) is 33.2 Å². The van der Waals surface area contributed by atoms with E-state index in [9.17, 15) is 24.0 Å². The van der Waals surface area contributed by atoms with Crippen molar-refractivity contribution in [1.29, 1.82) is 0 Å². The van der Waals surface area contributed by atoms with Crippen molar-refractivity contribution in [3.8, 4) is 0 Å². The number of carbonyl (C=O) groups is 5. The molecule has 248 valence electrons. The molecule has 0 unspecified atom stereocenters. The van der Waals surface area contributed by atoms with Crippen LogP contribution in [0.2, 0.25) is 0 Å². The van der Waals surface area contributed by atoms with Crippen LogP contribution in [-0.4, -0.2) is 61.4 Å². The summed E-state index contributed by atoms with van der Waals surface area (Å²) in [4.78, 5) is 63.0. The van der Waals surface area contributed by atoms with Crippen molar-refractivity contribution >= 4 is 63.8 Å². The van der Waals surface area contributed by atoms with E-state index in [0.29, 0.717) is 68.1 Å². The molecule has 0 radical (unpaired) electrons. The molecule has 3 aromatic carbocycles. The van der Waals surface area contributed by atoms with Crippen molar-refractivity contribution in [3.63, 3.8) is 0 Å². The Kier molecular flexibility index (Phi) is 9.02. The molecule has 0 saturated carbocycles. The molecule has 13 nitrogen and oxygen atoms in total. The first-order valence-electron chi connectivity index (χ1n) is 15.7. The largest absolute Gasteiger partial charge is 0.465 e. The molecule has 0 bridgehead atoms. The van der Waals surface area contributed by atoms with E-state index in [-0.39, 0.29) is 35.6 Å². The first-order valence-corrected chi connectivity index (χ1v) is 15.7. The van der Waals surface area contributed by atoms with Gasteiger partial charge < -0.3 is 36.2 Å². The molecule has 5 N–H and O–H groups in total. The molecule has 0 atom stereocenters. The zero-order valence-corrected chi connectivity index (χ0v) is 26.8. The van der Waals surface area contributed by atoms with Gasteiger partial charge >= 0.3 is 12.0 Å². The number of hydrogen-bond acceptors (Lipinski definition) is 8. The summed E-state index contributed by atoms with van der Waals surface area (Å²) in [5.41, 5.74) is 6.98. The van der Waals surface area contributed by atoms with Crippen molar-refractivity contribution in [2.75, 3.05) is 58.2 Å². The highest BCUT2D eigenvalue weighted by atomic mass is 16.5. The minimum atomic E-state index is -0.387. The number of nitrogens with one attached hydrogen (secondary N) is 5. The number of carbonyl (C=O) groups excluding carboxylic acids is 5. The fraction of sp³-hybridized carbons (Fsp3) is 0.286. The molecule has 0 spiro atoms. The molecular formula is C35H37N7O6. The number of hydrogen-bond donors (Lipinski definition) is 5. The molecule has 4 aliphatic rings. The van der Waals surface area contributed by atoms with Crippen LogP contribution < -0.4 is 31.5 Å². The lowest BCUT2D eigenvalue weighted by atomic mass is 9.95. The summed E-state index contributed by atoms with van der Waals surface area (Å²) >= 11 is 0. The van der Waals surface area contributed by atoms with Crippen molar-refractivity contribution in [1.82, 2.24) is 4.90 Å². The maximum absolute atomic E-state index is 12.7. The number of anilines is 6. The Bertz CT molecular complexity index is 1830. The van der Waals surface area contributed by atoms with Crippen LogP contribution in [0.25, 0.3) is 0 Å². The van der Waals surface area contributed by atoms with Crippen LogP contribution in [-0.2, 0) is 32.0 Å². The number of ether oxygens (including phenoxy) is 1. The highest BCUT2D eigenvalue weighted by Crippen LogP contribution is 2.34. The van der Waals surface area contributed by atoms with E-state index in [4.69, 9.17) is 4.74 Å². The van der Waals surface area contributed by atoms with Crippen molar-refractivity contribution in [2.24, 2.45) is 5.92 Å². The van der Waals surface area contributed by atoms with Crippen LogP contribution >= 0.6 is 0 Å². The average molecular weight is 652 g/mol. The van der Waals surface area contributed by atoms with Crippen LogP contribution in [0, 0.1) is 5.92 Å². The average Bonchev–Trinajstić information content (AvgIpc) is 3.79. The van der Waals surface area contributed by atoms with Gasteiger partial charge in [-0.2, -0.15) is 0 Å². The summed E-state index contributed by atoms with van der Waals surface area (Å²) in [5, 5.41) is 14.8. The maximum atomic E-state index is 12.7. The van der Waals surface area contributed by atoms with Gasteiger partial charge in [0.1, 0.15) is 5.82 Å². The van der Waals surface area contributed by atoms with Crippen molar-refractivity contribution in [3.05, 3.63) is 83.7 Å². The molecule has 1 fully saturated rings. The highest BCUT2D eigenvalue weighted by Gasteiger charge is 2.29. The number of nitrogens with zero attached hydrogens (tertiary/aromatic N) is 2. The molecule has 0 aromatic heterocycles. The monoisotopic (exact) mass is 651 g/mol. The second-order valence-electron chi connectivity index (χ2n) is 12.0. The van der Waals surface area contributed by atoms with Crippen LogP contribution in [0.1, 0.15) is 41.3 Å². The fourth-order valence-corrected chi connectivity index (χ4v) is 6.34. The first kappa shape index (κ1) is 32.1. The van der Waals surface area contributed by atoms with E-state index in [1.54, 1.807) is 34.9 Å². The molecule has 4 heterocycles. The van der Waals surface area contributed by atoms with E-state index in [0.717, 1.165) is 33.9 Å². The van der Waals surface area contributed by atoms with Crippen LogP contribution in [0.4, 0.5) is 38.9 Å². The molecule has 0 aliphatic carbocycles. The van der Waals surface area contributed by atoms with Crippen molar-refractivity contribution in [2.45, 2.75) is 32.6 Å². The third kappa shape index (κ3) is 6.80. The normalized spacial score (nSPS) is 15.9. The summed E-state index contributed by atoms with van der Waals surface area (Å²) in [6.07, 6.45) is 2.35. The van der Waals surface area contributed by atoms with Gasteiger partial charge in [-0.15, -0.1) is 0 Å². The Hall–Kier alpha value is -5.85. The number of piperidine rings is 1. The molecule has 7 rings (SSSR count). The predicted molar refractivity (Wildman–Crippen MR) is 183 cm³/mol. The molecular weight excluding hydrogens is 614 g/mol.